The van der Waals surface area contributed by atoms with Gasteiger partial charge in [0.2, 0.25) is 5.91 Å². The van der Waals surface area contributed by atoms with Crippen molar-refractivity contribution in [3.63, 3.8) is 0 Å². The molecule has 0 radical (unpaired) electrons. The van der Waals surface area contributed by atoms with Crippen LogP contribution in [-0.4, -0.2) is 29.6 Å². The van der Waals surface area contributed by atoms with Gasteiger partial charge in [0.05, 0.1) is 23.4 Å². The predicted molar refractivity (Wildman–Crippen MR) is 73.1 cm³/mol. The van der Waals surface area contributed by atoms with Crippen molar-refractivity contribution in [2.24, 2.45) is 0 Å². The minimum absolute atomic E-state index is 0.0525. The number of aryl methyl sites for hydroxylation is 1. The molecule has 0 unspecified atom stereocenters. The molecule has 0 saturated carbocycles. The minimum atomic E-state index is -1.17. The van der Waals surface area contributed by atoms with Crippen molar-refractivity contribution >= 4 is 23.5 Å². The molecule has 6 nitrogen and oxygen atoms in total. The Labute approximate surface area is 116 Å². The van der Waals surface area contributed by atoms with Gasteiger partial charge in [0.15, 0.2) is 0 Å². The van der Waals surface area contributed by atoms with Crippen LogP contribution in [0.2, 0.25) is 0 Å². The van der Waals surface area contributed by atoms with Crippen LogP contribution in [0.15, 0.2) is 6.07 Å². The molecule has 1 aromatic carbocycles. The van der Waals surface area contributed by atoms with E-state index in [9.17, 15) is 19.5 Å². The van der Waals surface area contributed by atoms with E-state index in [1.165, 1.54) is 13.0 Å². The van der Waals surface area contributed by atoms with Crippen molar-refractivity contribution in [3.05, 3.63) is 28.3 Å². The molecule has 20 heavy (non-hydrogen) atoms. The lowest BCUT2D eigenvalue weighted by Gasteiger charge is -2.16. The number of carbonyl (C=O) groups excluding carboxylic acids is 2. The van der Waals surface area contributed by atoms with Gasteiger partial charge in [-0.2, -0.15) is 0 Å². The van der Waals surface area contributed by atoms with Crippen molar-refractivity contribution in [1.29, 1.82) is 0 Å². The summed E-state index contributed by atoms with van der Waals surface area (Å²) in [5.41, 5.74) is 1.23. The maximum absolute atomic E-state index is 11.9. The molecule has 1 aromatic rings. The van der Waals surface area contributed by atoms with E-state index in [0.717, 1.165) is 0 Å². The first kappa shape index (κ1) is 15.7. The second-order valence-electron chi connectivity index (χ2n) is 4.32. The Hall–Kier alpha value is -2.37. The summed E-state index contributed by atoms with van der Waals surface area (Å²) < 4.78 is 4.95. The number of aromatic carboxylic acids is 1. The van der Waals surface area contributed by atoms with Crippen LogP contribution in [0.4, 0.5) is 5.69 Å². The lowest BCUT2D eigenvalue weighted by molar-refractivity contribution is -0.114. The van der Waals surface area contributed by atoms with E-state index in [-0.39, 0.29) is 23.4 Å². The number of esters is 1. The maximum atomic E-state index is 11.9. The van der Waals surface area contributed by atoms with Crippen LogP contribution >= 0.6 is 0 Å². The number of rotatable bonds is 4. The molecule has 2 N–H and O–H groups in total. The first-order valence-corrected chi connectivity index (χ1v) is 6.11. The first-order valence-electron chi connectivity index (χ1n) is 6.11. The molecule has 6 heteroatoms. The summed E-state index contributed by atoms with van der Waals surface area (Å²) in [4.78, 5) is 34.4. The van der Waals surface area contributed by atoms with Gasteiger partial charge >= 0.3 is 11.9 Å². The first-order chi connectivity index (χ1) is 9.29. The molecule has 0 heterocycles. The number of nitrogens with one attached hydrogen (secondary N) is 1. The van der Waals surface area contributed by atoms with E-state index in [1.54, 1.807) is 20.8 Å². The molecule has 1 amide bonds. The van der Waals surface area contributed by atoms with E-state index in [1.807, 2.05) is 0 Å². The third-order valence-corrected chi connectivity index (χ3v) is 2.79. The maximum Gasteiger partial charge on any atom is 0.338 e. The molecule has 0 saturated heterocycles. The lowest BCUT2D eigenvalue weighted by Crippen LogP contribution is -2.17. The zero-order valence-electron chi connectivity index (χ0n) is 11.9. The Bertz CT molecular complexity index is 577. The Kier molecular flexibility index (Phi) is 4.85. The summed E-state index contributed by atoms with van der Waals surface area (Å²) in [6, 6.07) is 1.35. The number of carboxylic acids is 1. The van der Waals surface area contributed by atoms with Crippen molar-refractivity contribution < 1.29 is 24.2 Å². The Morgan fingerprint density at radius 1 is 1.30 bits per heavy atom. The zero-order valence-corrected chi connectivity index (χ0v) is 11.9. The predicted octanol–water partition coefficient (Wildman–Crippen LogP) is 2.14. The van der Waals surface area contributed by atoms with E-state index in [2.05, 4.69) is 5.32 Å². The second-order valence-corrected chi connectivity index (χ2v) is 4.32. The average Bonchev–Trinajstić information content (AvgIpc) is 2.32. The Morgan fingerprint density at radius 2 is 1.90 bits per heavy atom. The van der Waals surface area contributed by atoms with Crippen molar-refractivity contribution in [2.75, 3.05) is 11.9 Å². The Morgan fingerprint density at radius 3 is 2.35 bits per heavy atom. The van der Waals surface area contributed by atoms with E-state index in [4.69, 9.17) is 4.74 Å². The summed E-state index contributed by atoms with van der Waals surface area (Å²) in [6.07, 6.45) is 0. The molecule has 0 aliphatic rings. The minimum Gasteiger partial charge on any atom is -0.478 e. The number of carboxylic acid groups (broad SMARTS) is 1. The molecular weight excluding hydrogens is 262 g/mol. The highest BCUT2D eigenvalue weighted by atomic mass is 16.5. The summed E-state index contributed by atoms with van der Waals surface area (Å²) >= 11 is 0. The monoisotopic (exact) mass is 279 g/mol. The molecule has 0 aliphatic heterocycles. The highest BCUT2D eigenvalue weighted by Crippen LogP contribution is 2.28. The second kappa shape index (κ2) is 6.18. The Balaban J connectivity index is 3.53. The number of ether oxygens (including phenoxy) is 1. The fourth-order valence-electron chi connectivity index (χ4n) is 2.01. The van der Waals surface area contributed by atoms with Gasteiger partial charge in [-0.25, -0.2) is 9.59 Å². The van der Waals surface area contributed by atoms with Crippen molar-refractivity contribution in [2.45, 2.75) is 27.7 Å². The summed E-state index contributed by atoms with van der Waals surface area (Å²) in [5.74, 6) is -2.12. The molecule has 0 spiro atoms. The number of hydrogen-bond donors (Lipinski definition) is 2. The molecule has 1 rings (SSSR count). The third-order valence-electron chi connectivity index (χ3n) is 2.79. The molecule has 0 fully saturated rings. The van der Waals surface area contributed by atoms with E-state index < -0.39 is 17.8 Å². The normalized spacial score (nSPS) is 10.0. The zero-order chi connectivity index (χ0) is 15.4. The van der Waals surface area contributed by atoms with Crippen LogP contribution in [0.1, 0.15) is 45.7 Å². The standard InChI is InChI=1S/C14H17NO5/c1-5-20-14(19)11-7(2)6-10(13(17)18)12(8(11)3)15-9(4)16/h6H,5H2,1-4H3,(H,15,16)(H,17,18). The summed E-state index contributed by atoms with van der Waals surface area (Å²) in [5, 5.41) is 11.7. The van der Waals surface area contributed by atoms with E-state index >= 15 is 0 Å². The molecule has 0 bridgehead atoms. The largest absolute Gasteiger partial charge is 0.478 e. The molecule has 0 aliphatic carbocycles. The van der Waals surface area contributed by atoms with Crippen molar-refractivity contribution in [1.82, 2.24) is 0 Å². The fraction of sp³-hybridized carbons (Fsp3) is 0.357. The van der Waals surface area contributed by atoms with Crippen LogP contribution in [0.5, 0.6) is 0 Å². The van der Waals surface area contributed by atoms with Crippen LogP contribution < -0.4 is 5.32 Å². The topological polar surface area (TPSA) is 92.7 Å². The SMILES string of the molecule is CCOC(=O)c1c(C)cc(C(=O)O)c(NC(C)=O)c1C. The molecular formula is C14H17NO5. The smallest absolute Gasteiger partial charge is 0.338 e. The highest BCUT2D eigenvalue weighted by Gasteiger charge is 2.22. The van der Waals surface area contributed by atoms with Gasteiger partial charge < -0.3 is 15.2 Å². The molecule has 0 atom stereocenters. The third kappa shape index (κ3) is 3.14. The lowest BCUT2D eigenvalue weighted by atomic mass is 9.96. The van der Waals surface area contributed by atoms with Crippen LogP contribution in [0, 0.1) is 13.8 Å². The van der Waals surface area contributed by atoms with Gasteiger partial charge in [-0.3, -0.25) is 4.79 Å². The summed E-state index contributed by atoms with van der Waals surface area (Å²) in [7, 11) is 0. The van der Waals surface area contributed by atoms with Gasteiger partial charge in [0.1, 0.15) is 0 Å². The average molecular weight is 279 g/mol. The van der Waals surface area contributed by atoms with Gasteiger partial charge in [-0.1, -0.05) is 0 Å². The van der Waals surface area contributed by atoms with Crippen molar-refractivity contribution in [3.8, 4) is 0 Å². The van der Waals surface area contributed by atoms with Crippen LogP contribution in [0.25, 0.3) is 0 Å². The van der Waals surface area contributed by atoms with Gasteiger partial charge in [0, 0.05) is 6.92 Å². The van der Waals surface area contributed by atoms with E-state index in [0.29, 0.717) is 11.1 Å². The number of hydrogen-bond acceptors (Lipinski definition) is 4. The number of carbonyl (C=O) groups is 3. The highest BCUT2D eigenvalue weighted by molar-refractivity contribution is 6.05. The van der Waals surface area contributed by atoms with Crippen LogP contribution in [0.3, 0.4) is 0 Å². The van der Waals surface area contributed by atoms with Crippen LogP contribution in [-0.2, 0) is 9.53 Å². The molecule has 108 valence electrons. The quantitative estimate of drug-likeness (QED) is 0.824. The fourth-order valence-corrected chi connectivity index (χ4v) is 2.01. The van der Waals surface area contributed by atoms with Gasteiger partial charge in [-0.15, -0.1) is 0 Å². The van der Waals surface area contributed by atoms with Gasteiger partial charge in [0.25, 0.3) is 0 Å². The molecule has 0 aromatic heterocycles. The number of benzene rings is 1. The number of anilines is 1. The number of amides is 1. The van der Waals surface area contributed by atoms with Gasteiger partial charge in [-0.05, 0) is 38.0 Å². The summed E-state index contributed by atoms with van der Waals surface area (Å²) in [6.45, 7) is 6.38.